The molecular formula is C11H18BrN5O3S. The molecule has 1 aromatic rings. The number of aromatic nitrogens is 1. The summed E-state index contributed by atoms with van der Waals surface area (Å²) in [5.74, 6) is 4.82. The highest BCUT2D eigenvalue weighted by Crippen LogP contribution is 2.22. The van der Waals surface area contributed by atoms with Crippen LogP contribution in [0.3, 0.4) is 0 Å². The van der Waals surface area contributed by atoms with Gasteiger partial charge in [0.2, 0.25) is 15.9 Å². The number of halogens is 1. The third kappa shape index (κ3) is 4.92. The van der Waals surface area contributed by atoms with Crippen LogP contribution in [0.2, 0.25) is 0 Å². The second kappa shape index (κ2) is 7.16. The van der Waals surface area contributed by atoms with Crippen LogP contribution in [0.25, 0.3) is 0 Å². The lowest BCUT2D eigenvalue weighted by Gasteiger charge is -2.17. The zero-order valence-corrected chi connectivity index (χ0v) is 14.2. The van der Waals surface area contributed by atoms with Crippen LogP contribution in [0.1, 0.15) is 20.8 Å². The second-order valence-corrected chi connectivity index (χ2v) is 7.25. The first-order valence-corrected chi connectivity index (χ1v) is 8.40. The molecule has 0 aliphatic heterocycles. The highest BCUT2D eigenvalue weighted by atomic mass is 79.9. The van der Waals surface area contributed by atoms with Crippen LogP contribution in [0, 0.1) is 0 Å². The van der Waals surface area contributed by atoms with Gasteiger partial charge < -0.3 is 10.7 Å². The molecule has 5 N–H and O–H groups in total. The predicted molar refractivity (Wildman–Crippen MR) is 82.8 cm³/mol. The number of pyridine rings is 1. The molecule has 1 atom stereocenters. The fraction of sp³-hybridized carbons (Fsp3) is 0.455. The Labute approximate surface area is 132 Å². The zero-order chi connectivity index (χ0) is 16.2. The average molecular weight is 380 g/mol. The van der Waals surface area contributed by atoms with E-state index in [1.54, 1.807) is 13.8 Å². The van der Waals surface area contributed by atoms with E-state index < -0.39 is 22.0 Å². The largest absolute Gasteiger partial charge is 0.353 e. The molecule has 0 spiro atoms. The Balaban J connectivity index is 3.02. The van der Waals surface area contributed by atoms with E-state index in [0.29, 0.717) is 4.47 Å². The Hall–Kier alpha value is -1.23. The Morgan fingerprint density at radius 1 is 1.38 bits per heavy atom. The van der Waals surface area contributed by atoms with E-state index in [2.05, 4.69) is 36.4 Å². The SMILES string of the molecule is CC(C)NC(=O)C(C)NS(=O)(=O)c1cc(Br)cnc1NN. The maximum atomic E-state index is 12.3. The summed E-state index contributed by atoms with van der Waals surface area (Å²) in [7, 11) is -3.95. The van der Waals surface area contributed by atoms with Gasteiger partial charge in [0, 0.05) is 16.7 Å². The van der Waals surface area contributed by atoms with Gasteiger partial charge in [0.15, 0.2) is 5.82 Å². The summed E-state index contributed by atoms with van der Waals surface area (Å²) < 4.78 is 27.4. The first-order chi connectivity index (χ1) is 9.67. The standard InChI is InChI=1S/C11H18BrN5O3S/c1-6(2)15-11(18)7(3)17-21(19,20)9-4-8(12)5-14-10(9)16-13/h4-7,17H,13H2,1-3H3,(H,14,16)(H,15,18). The third-order valence-electron chi connectivity index (χ3n) is 2.40. The predicted octanol–water partition coefficient (Wildman–Crippen LogP) is 0.321. The van der Waals surface area contributed by atoms with Gasteiger partial charge in [-0.15, -0.1) is 0 Å². The first-order valence-electron chi connectivity index (χ1n) is 6.12. The minimum absolute atomic E-state index is 0.0119. The van der Waals surface area contributed by atoms with Gasteiger partial charge in [0.05, 0.1) is 6.04 Å². The number of anilines is 1. The van der Waals surface area contributed by atoms with Crippen molar-refractivity contribution >= 4 is 37.7 Å². The van der Waals surface area contributed by atoms with Gasteiger partial charge in [-0.2, -0.15) is 4.72 Å². The summed E-state index contributed by atoms with van der Waals surface area (Å²) in [5.41, 5.74) is 2.21. The molecular weight excluding hydrogens is 362 g/mol. The van der Waals surface area contributed by atoms with Crippen LogP contribution in [0.15, 0.2) is 21.6 Å². The van der Waals surface area contributed by atoms with Gasteiger partial charge in [-0.1, -0.05) is 0 Å². The molecule has 1 unspecified atom stereocenters. The topological polar surface area (TPSA) is 126 Å². The van der Waals surface area contributed by atoms with Crippen molar-refractivity contribution < 1.29 is 13.2 Å². The minimum Gasteiger partial charge on any atom is -0.353 e. The number of hydrogen-bond donors (Lipinski definition) is 4. The Bertz CT molecular complexity index is 620. The van der Waals surface area contributed by atoms with Crippen molar-refractivity contribution in [3.63, 3.8) is 0 Å². The van der Waals surface area contributed by atoms with Gasteiger partial charge in [-0.05, 0) is 42.8 Å². The number of nitrogens with zero attached hydrogens (tertiary/aromatic N) is 1. The van der Waals surface area contributed by atoms with E-state index in [1.807, 2.05) is 0 Å². The lowest BCUT2D eigenvalue weighted by molar-refractivity contribution is -0.122. The van der Waals surface area contributed by atoms with E-state index >= 15 is 0 Å². The molecule has 0 radical (unpaired) electrons. The van der Waals surface area contributed by atoms with E-state index in [9.17, 15) is 13.2 Å². The number of nitrogens with one attached hydrogen (secondary N) is 3. The molecule has 1 rings (SSSR count). The fourth-order valence-corrected chi connectivity index (χ4v) is 3.32. The van der Waals surface area contributed by atoms with Crippen molar-refractivity contribution in [3.05, 3.63) is 16.7 Å². The monoisotopic (exact) mass is 379 g/mol. The lowest BCUT2D eigenvalue weighted by Crippen LogP contribution is -2.46. The van der Waals surface area contributed by atoms with Gasteiger partial charge >= 0.3 is 0 Å². The van der Waals surface area contributed by atoms with Crippen LogP contribution < -0.4 is 21.3 Å². The van der Waals surface area contributed by atoms with Crippen molar-refractivity contribution in [2.45, 2.75) is 37.8 Å². The molecule has 0 fully saturated rings. The van der Waals surface area contributed by atoms with Crippen molar-refractivity contribution in [2.75, 3.05) is 5.43 Å². The maximum absolute atomic E-state index is 12.3. The van der Waals surface area contributed by atoms with Crippen molar-refractivity contribution in [1.29, 1.82) is 0 Å². The van der Waals surface area contributed by atoms with Crippen LogP contribution in [-0.4, -0.2) is 31.4 Å². The Kier molecular flexibility index (Phi) is 6.08. The highest BCUT2D eigenvalue weighted by Gasteiger charge is 2.25. The average Bonchev–Trinajstić information content (AvgIpc) is 2.37. The number of sulfonamides is 1. The van der Waals surface area contributed by atoms with Crippen molar-refractivity contribution in [2.24, 2.45) is 5.84 Å². The molecule has 8 nitrogen and oxygen atoms in total. The molecule has 0 saturated carbocycles. The summed E-state index contributed by atoms with van der Waals surface area (Å²) in [6.45, 7) is 5.03. The molecule has 0 saturated heterocycles. The summed E-state index contributed by atoms with van der Waals surface area (Å²) >= 11 is 3.14. The Morgan fingerprint density at radius 2 is 2.00 bits per heavy atom. The molecule has 1 heterocycles. The number of rotatable bonds is 6. The molecule has 0 aliphatic carbocycles. The molecule has 0 aliphatic rings. The number of carbonyl (C=O) groups excluding carboxylic acids is 1. The first kappa shape index (κ1) is 17.8. The summed E-state index contributed by atoms with van der Waals surface area (Å²) in [6.07, 6.45) is 1.41. The van der Waals surface area contributed by atoms with Crippen molar-refractivity contribution in [1.82, 2.24) is 15.0 Å². The van der Waals surface area contributed by atoms with E-state index in [-0.39, 0.29) is 16.8 Å². The van der Waals surface area contributed by atoms with Crippen molar-refractivity contribution in [3.8, 4) is 0 Å². The molecule has 118 valence electrons. The fourth-order valence-electron chi connectivity index (χ4n) is 1.49. The van der Waals surface area contributed by atoms with Crippen LogP contribution in [-0.2, 0) is 14.8 Å². The third-order valence-corrected chi connectivity index (χ3v) is 4.39. The quantitative estimate of drug-likeness (QED) is 0.416. The van der Waals surface area contributed by atoms with E-state index in [0.717, 1.165) is 0 Å². The Morgan fingerprint density at radius 3 is 2.52 bits per heavy atom. The zero-order valence-electron chi connectivity index (χ0n) is 11.8. The van der Waals surface area contributed by atoms with Gasteiger partial charge in [-0.3, -0.25) is 4.79 Å². The molecule has 1 aromatic heterocycles. The summed E-state index contributed by atoms with van der Waals surface area (Å²) in [4.78, 5) is 15.5. The molecule has 10 heteroatoms. The second-order valence-electron chi connectivity index (χ2n) is 4.65. The highest BCUT2D eigenvalue weighted by molar-refractivity contribution is 9.10. The minimum atomic E-state index is -3.95. The number of nitrogen functional groups attached to an aromatic ring is 1. The summed E-state index contributed by atoms with van der Waals surface area (Å²) in [6, 6.07) is 0.331. The molecule has 21 heavy (non-hydrogen) atoms. The molecule has 0 bridgehead atoms. The molecule has 1 amide bonds. The van der Waals surface area contributed by atoms with Crippen LogP contribution in [0.4, 0.5) is 5.82 Å². The number of hydrazine groups is 1. The van der Waals surface area contributed by atoms with Crippen LogP contribution in [0.5, 0.6) is 0 Å². The smallest absolute Gasteiger partial charge is 0.245 e. The number of nitrogens with two attached hydrogens (primary N) is 1. The normalized spacial score (nSPS) is 13.0. The number of hydrogen-bond acceptors (Lipinski definition) is 6. The lowest BCUT2D eigenvalue weighted by atomic mass is 10.3. The summed E-state index contributed by atoms with van der Waals surface area (Å²) in [5, 5.41) is 2.63. The van der Waals surface area contributed by atoms with Gasteiger partial charge in [-0.25, -0.2) is 19.2 Å². The van der Waals surface area contributed by atoms with Gasteiger partial charge in [0.25, 0.3) is 0 Å². The number of carbonyl (C=O) groups is 1. The molecule has 0 aromatic carbocycles. The maximum Gasteiger partial charge on any atom is 0.245 e. The van der Waals surface area contributed by atoms with Crippen LogP contribution >= 0.6 is 15.9 Å². The van der Waals surface area contributed by atoms with E-state index in [4.69, 9.17) is 5.84 Å². The van der Waals surface area contributed by atoms with E-state index in [1.165, 1.54) is 19.2 Å². The number of amides is 1. The van der Waals surface area contributed by atoms with Gasteiger partial charge in [0.1, 0.15) is 4.90 Å².